The minimum atomic E-state index is 0.477. The molecule has 1 aliphatic rings. The molecule has 0 fully saturated rings. The van der Waals surface area contributed by atoms with Gasteiger partial charge in [-0.15, -0.1) is 11.3 Å². The molecule has 82 valence electrons. The van der Waals surface area contributed by atoms with Crippen molar-refractivity contribution in [3.05, 3.63) is 56.7 Å². The molecule has 0 bridgehead atoms. The molecule has 2 aromatic rings. The predicted molar refractivity (Wildman–Crippen MR) is 69.7 cm³/mol. The van der Waals surface area contributed by atoms with Gasteiger partial charge in [-0.1, -0.05) is 17.7 Å². The number of nitrogens with zero attached hydrogens (tertiary/aromatic N) is 3. The van der Waals surface area contributed by atoms with Crippen molar-refractivity contribution in [2.45, 2.75) is 0 Å². The van der Waals surface area contributed by atoms with E-state index in [0.29, 0.717) is 16.4 Å². The first kappa shape index (κ1) is 10.4. The minimum Gasteiger partial charge on any atom is -0.361 e. The van der Waals surface area contributed by atoms with E-state index in [4.69, 9.17) is 17.1 Å². The first-order valence-corrected chi connectivity index (χ1v) is 6.20. The Hall–Kier alpha value is -1.74. The van der Waals surface area contributed by atoms with Crippen LogP contribution in [-0.2, 0) is 0 Å². The maximum absolute atomic E-state index is 9.14. The number of halogens is 1. The third kappa shape index (κ3) is 1.63. The fraction of sp³-hybridized carbons (Fsp3) is 0. The molecule has 3 rings (SSSR count). The summed E-state index contributed by atoms with van der Waals surface area (Å²) in [5, 5.41) is 2.57. The van der Waals surface area contributed by atoms with Gasteiger partial charge >= 0.3 is 5.71 Å². The third-order valence-corrected chi connectivity index (χ3v) is 3.64. The summed E-state index contributed by atoms with van der Waals surface area (Å²) >= 11 is 7.49. The maximum atomic E-state index is 9.14. The van der Waals surface area contributed by atoms with Crippen molar-refractivity contribution in [2.75, 3.05) is 0 Å². The molecule has 0 unspecified atom stereocenters. The molecule has 17 heavy (non-hydrogen) atoms. The van der Waals surface area contributed by atoms with Crippen molar-refractivity contribution in [2.24, 2.45) is 4.99 Å². The van der Waals surface area contributed by atoms with Gasteiger partial charge in [0.1, 0.15) is 0 Å². The average Bonchev–Trinajstić information content (AvgIpc) is 2.94. The van der Waals surface area contributed by atoms with Gasteiger partial charge in [0.2, 0.25) is 0 Å². The predicted octanol–water partition coefficient (Wildman–Crippen LogP) is 3.55. The summed E-state index contributed by atoms with van der Waals surface area (Å²) in [6.07, 6.45) is 0. The lowest BCUT2D eigenvalue weighted by atomic mass is 10.1. The zero-order valence-electron chi connectivity index (χ0n) is 8.59. The van der Waals surface area contributed by atoms with Crippen LogP contribution in [0.1, 0.15) is 10.4 Å². The summed E-state index contributed by atoms with van der Waals surface area (Å²) in [5.41, 5.74) is 11.9. The summed E-state index contributed by atoms with van der Waals surface area (Å²) in [7, 11) is 0. The highest BCUT2D eigenvalue weighted by Crippen LogP contribution is 2.31. The number of thiophene rings is 1. The van der Waals surface area contributed by atoms with Gasteiger partial charge in [0.15, 0.2) is 5.71 Å². The number of aliphatic imine (C=N–C) groups is 1. The summed E-state index contributed by atoms with van der Waals surface area (Å²) < 4.78 is 0. The Kier molecular flexibility index (Phi) is 2.41. The molecule has 3 nitrogen and oxygen atoms in total. The van der Waals surface area contributed by atoms with E-state index in [9.17, 15) is 0 Å². The van der Waals surface area contributed by atoms with Crippen molar-refractivity contribution >= 4 is 40.0 Å². The van der Waals surface area contributed by atoms with E-state index in [1.807, 2.05) is 23.6 Å². The van der Waals surface area contributed by atoms with E-state index in [-0.39, 0.29) is 0 Å². The van der Waals surface area contributed by atoms with E-state index >= 15 is 0 Å². The number of rotatable bonds is 1. The molecule has 1 aliphatic heterocycles. The van der Waals surface area contributed by atoms with Gasteiger partial charge in [0.05, 0.1) is 16.1 Å². The lowest BCUT2D eigenvalue weighted by molar-refractivity contribution is -0.000131. The quantitative estimate of drug-likeness (QED) is 0.555. The molecular formula is C12H6ClN3S. The lowest BCUT2D eigenvalue weighted by Gasteiger charge is -1.93. The van der Waals surface area contributed by atoms with E-state index in [2.05, 4.69) is 9.78 Å². The maximum Gasteiger partial charge on any atom is 0.351 e. The Bertz CT molecular complexity index is 667. The summed E-state index contributed by atoms with van der Waals surface area (Å²) in [5.74, 6) is 0. The molecule has 0 saturated heterocycles. The Labute approximate surface area is 107 Å². The van der Waals surface area contributed by atoms with Crippen LogP contribution in [0.2, 0.25) is 5.02 Å². The van der Waals surface area contributed by atoms with Crippen molar-refractivity contribution < 1.29 is 4.79 Å². The molecule has 0 atom stereocenters. The highest BCUT2D eigenvalue weighted by molar-refractivity contribution is 7.13. The van der Waals surface area contributed by atoms with Crippen molar-refractivity contribution in [3.8, 4) is 0 Å². The van der Waals surface area contributed by atoms with Crippen LogP contribution in [0, 0.1) is 0 Å². The van der Waals surface area contributed by atoms with Gasteiger partial charge in [-0.2, -0.15) is 4.79 Å². The molecular weight excluding hydrogens is 254 g/mol. The Morgan fingerprint density at radius 3 is 2.88 bits per heavy atom. The standard InChI is InChI=1S/C12H6ClN3S/c13-7-3-4-9-8(6-7)11(16-14)12(15-9)10-2-1-5-17-10/h1-6H. The van der Waals surface area contributed by atoms with Crippen LogP contribution < -0.4 is 0 Å². The molecule has 1 aromatic heterocycles. The Morgan fingerprint density at radius 2 is 2.18 bits per heavy atom. The lowest BCUT2D eigenvalue weighted by Crippen LogP contribution is -2.12. The summed E-state index contributed by atoms with van der Waals surface area (Å²) in [6, 6.07) is 9.24. The largest absolute Gasteiger partial charge is 0.361 e. The van der Waals surface area contributed by atoms with Gasteiger partial charge in [-0.25, -0.2) is 4.99 Å². The second-order valence-corrected chi connectivity index (χ2v) is 4.93. The number of hydrogen-bond donors (Lipinski definition) is 0. The van der Waals surface area contributed by atoms with Crippen LogP contribution >= 0.6 is 22.9 Å². The molecule has 1 aromatic carbocycles. The second kappa shape index (κ2) is 3.93. The fourth-order valence-electron chi connectivity index (χ4n) is 1.78. The summed E-state index contributed by atoms with van der Waals surface area (Å²) in [6.45, 7) is 0. The van der Waals surface area contributed by atoms with Crippen molar-refractivity contribution in [1.82, 2.24) is 0 Å². The number of hydrogen-bond acceptors (Lipinski definition) is 2. The fourth-order valence-corrected chi connectivity index (χ4v) is 2.67. The van der Waals surface area contributed by atoms with Gasteiger partial charge in [-0.05, 0) is 29.6 Å². The molecule has 0 aliphatic carbocycles. The Balaban J connectivity index is 2.21. The van der Waals surface area contributed by atoms with Gasteiger partial charge in [-0.3, -0.25) is 0 Å². The molecule has 0 spiro atoms. The molecule has 2 heterocycles. The first-order chi connectivity index (χ1) is 8.29. The van der Waals surface area contributed by atoms with E-state index < -0.39 is 0 Å². The Morgan fingerprint density at radius 1 is 1.29 bits per heavy atom. The molecule has 0 radical (unpaired) electrons. The third-order valence-electron chi connectivity index (χ3n) is 2.52. The average molecular weight is 260 g/mol. The first-order valence-electron chi connectivity index (χ1n) is 4.94. The normalized spacial score (nSPS) is 13.2. The summed E-state index contributed by atoms with van der Waals surface area (Å²) in [4.78, 5) is 8.78. The SMILES string of the molecule is [N-]=[N+]=C1C(c2cccs2)=Nc2ccc(Cl)cc21. The second-order valence-electron chi connectivity index (χ2n) is 3.55. The van der Waals surface area contributed by atoms with Gasteiger partial charge in [0, 0.05) is 5.02 Å². The number of fused-ring (bicyclic) bond motifs is 1. The van der Waals surface area contributed by atoms with Gasteiger partial charge in [0.25, 0.3) is 0 Å². The highest BCUT2D eigenvalue weighted by Gasteiger charge is 2.31. The van der Waals surface area contributed by atoms with E-state index in [1.54, 1.807) is 23.5 Å². The smallest absolute Gasteiger partial charge is 0.351 e. The number of benzene rings is 1. The van der Waals surface area contributed by atoms with Crippen LogP contribution in [0.5, 0.6) is 0 Å². The van der Waals surface area contributed by atoms with Crippen molar-refractivity contribution in [1.29, 1.82) is 0 Å². The van der Waals surface area contributed by atoms with Crippen LogP contribution in [0.25, 0.3) is 5.53 Å². The van der Waals surface area contributed by atoms with E-state index in [1.165, 1.54) is 0 Å². The topological polar surface area (TPSA) is 48.8 Å². The van der Waals surface area contributed by atoms with Gasteiger partial charge < -0.3 is 5.53 Å². The highest BCUT2D eigenvalue weighted by atomic mass is 35.5. The monoisotopic (exact) mass is 259 g/mol. The van der Waals surface area contributed by atoms with Crippen LogP contribution in [0.15, 0.2) is 40.7 Å². The zero-order chi connectivity index (χ0) is 11.8. The molecule has 0 amide bonds. The molecule has 5 heteroatoms. The minimum absolute atomic E-state index is 0.477. The van der Waals surface area contributed by atoms with Crippen LogP contribution in [0.4, 0.5) is 5.69 Å². The molecule has 0 N–H and O–H groups in total. The van der Waals surface area contributed by atoms with Crippen LogP contribution in [0.3, 0.4) is 0 Å². The van der Waals surface area contributed by atoms with Crippen molar-refractivity contribution in [3.63, 3.8) is 0 Å². The van der Waals surface area contributed by atoms with E-state index in [0.717, 1.165) is 16.1 Å². The zero-order valence-corrected chi connectivity index (χ0v) is 10.2. The van der Waals surface area contributed by atoms with Crippen LogP contribution in [-0.4, -0.2) is 16.2 Å². The molecule has 0 saturated carbocycles.